The SMILES string of the molecule is CCc1sc(NC(=O)OC(C)(C)C)nc1C(O)C(=O)O. The smallest absolute Gasteiger partial charge is 0.413 e. The number of nitrogens with one attached hydrogen (secondary N) is 1. The highest BCUT2D eigenvalue weighted by atomic mass is 32.1. The highest BCUT2D eigenvalue weighted by Crippen LogP contribution is 2.28. The largest absolute Gasteiger partial charge is 0.479 e. The molecule has 3 N–H and O–H groups in total. The zero-order valence-corrected chi connectivity index (χ0v) is 12.6. The first-order chi connectivity index (χ1) is 9.14. The molecule has 1 unspecified atom stereocenters. The van der Waals surface area contributed by atoms with Crippen molar-refractivity contribution in [3.63, 3.8) is 0 Å². The van der Waals surface area contributed by atoms with E-state index in [1.165, 1.54) is 0 Å². The Balaban J connectivity index is 2.88. The molecule has 0 aromatic carbocycles. The molecule has 0 aliphatic heterocycles. The fourth-order valence-corrected chi connectivity index (χ4v) is 2.31. The first-order valence-electron chi connectivity index (χ1n) is 6.04. The van der Waals surface area contributed by atoms with Crippen LogP contribution in [0.2, 0.25) is 0 Å². The third-order valence-electron chi connectivity index (χ3n) is 2.15. The van der Waals surface area contributed by atoms with Gasteiger partial charge in [-0.1, -0.05) is 6.92 Å². The van der Waals surface area contributed by atoms with Crippen molar-refractivity contribution in [1.82, 2.24) is 4.98 Å². The van der Waals surface area contributed by atoms with Crippen LogP contribution in [0, 0.1) is 0 Å². The van der Waals surface area contributed by atoms with Crippen molar-refractivity contribution in [3.05, 3.63) is 10.6 Å². The van der Waals surface area contributed by atoms with E-state index in [-0.39, 0.29) is 10.8 Å². The van der Waals surface area contributed by atoms with Crippen LogP contribution in [0.15, 0.2) is 0 Å². The number of carbonyl (C=O) groups is 2. The summed E-state index contributed by atoms with van der Waals surface area (Å²) in [5, 5.41) is 21.0. The molecule has 0 saturated carbocycles. The van der Waals surface area contributed by atoms with Crippen LogP contribution in [0.5, 0.6) is 0 Å². The van der Waals surface area contributed by atoms with Crippen LogP contribution >= 0.6 is 11.3 Å². The highest BCUT2D eigenvalue weighted by molar-refractivity contribution is 7.15. The van der Waals surface area contributed by atoms with Gasteiger partial charge in [-0.25, -0.2) is 14.6 Å². The lowest BCUT2D eigenvalue weighted by Crippen LogP contribution is -2.27. The Morgan fingerprint density at radius 2 is 2.05 bits per heavy atom. The van der Waals surface area contributed by atoms with Gasteiger partial charge in [-0.15, -0.1) is 11.3 Å². The van der Waals surface area contributed by atoms with E-state index in [1.54, 1.807) is 20.8 Å². The number of aryl methyl sites for hydroxylation is 1. The van der Waals surface area contributed by atoms with E-state index in [1.807, 2.05) is 6.92 Å². The minimum absolute atomic E-state index is 0.0519. The minimum atomic E-state index is -1.70. The second-order valence-corrected chi connectivity index (χ2v) is 6.13. The molecule has 1 rings (SSSR count). The second-order valence-electron chi connectivity index (χ2n) is 5.05. The van der Waals surface area contributed by atoms with Gasteiger partial charge in [-0.2, -0.15) is 0 Å². The maximum atomic E-state index is 11.6. The van der Waals surface area contributed by atoms with Crippen LogP contribution in [-0.4, -0.2) is 32.9 Å². The van der Waals surface area contributed by atoms with Gasteiger partial charge in [-0.3, -0.25) is 5.32 Å². The number of thiazole rings is 1. The molecule has 0 radical (unpaired) electrons. The summed E-state index contributed by atoms with van der Waals surface area (Å²) in [5.41, 5.74) is -0.589. The minimum Gasteiger partial charge on any atom is -0.479 e. The number of amides is 1. The van der Waals surface area contributed by atoms with E-state index >= 15 is 0 Å². The molecular weight excluding hydrogens is 284 g/mol. The molecule has 0 aliphatic rings. The van der Waals surface area contributed by atoms with Gasteiger partial charge >= 0.3 is 12.1 Å². The second kappa shape index (κ2) is 6.19. The molecule has 0 spiro atoms. The highest BCUT2D eigenvalue weighted by Gasteiger charge is 2.25. The van der Waals surface area contributed by atoms with E-state index in [2.05, 4.69) is 10.3 Å². The molecule has 7 nitrogen and oxygen atoms in total. The average molecular weight is 302 g/mol. The van der Waals surface area contributed by atoms with Crippen molar-refractivity contribution < 1.29 is 24.5 Å². The summed E-state index contributed by atoms with van der Waals surface area (Å²) in [6.45, 7) is 6.99. The molecule has 20 heavy (non-hydrogen) atoms. The quantitative estimate of drug-likeness (QED) is 0.786. The number of anilines is 1. The fourth-order valence-electron chi connectivity index (χ4n) is 1.39. The van der Waals surface area contributed by atoms with E-state index < -0.39 is 23.8 Å². The topological polar surface area (TPSA) is 109 Å². The lowest BCUT2D eigenvalue weighted by Gasteiger charge is -2.18. The summed E-state index contributed by atoms with van der Waals surface area (Å²) in [7, 11) is 0. The molecule has 0 bridgehead atoms. The van der Waals surface area contributed by atoms with Gasteiger partial charge in [0.05, 0.1) is 5.69 Å². The Hall–Kier alpha value is -1.67. The van der Waals surface area contributed by atoms with Crippen molar-refractivity contribution >= 4 is 28.5 Å². The Bertz CT molecular complexity index is 506. The molecule has 8 heteroatoms. The maximum absolute atomic E-state index is 11.6. The van der Waals surface area contributed by atoms with Crippen LogP contribution in [0.3, 0.4) is 0 Å². The summed E-state index contributed by atoms with van der Waals surface area (Å²) >= 11 is 1.11. The number of aromatic nitrogens is 1. The molecule has 112 valence electrons. The van der Waals surface area contributed by atoms with E-state index in [0.717, 1.165) is 11.3 Å². The van der Waals surface area contributed by atoms with Crippen molar-refractivity contribution in [3.8, 4) is 0 Å². The van der Waals surface area contributed by atoms with Crippen molar-refractivity contribution in [2.75, 3.05) is 5.32 Å². The lowest BCUT2D eigenvalue weighted by atomic mass is 10.2. The van der Waals surface area contributed by atoms with Gasteiger partial charge in [-0.05, 0) is 27.2 Å². The molecule has 0 fully saturated rings. The van der Waals surface area contributed by atoms with E-state index in [9.17, 15) is 14.7 Å². The third kappa shape index (κ3) is 4.46. The summed E-state index contributed by atoms with van der Waals surface area (Å²) < 4.78 is 5.07. The number of aliphatic hydroxyl groups excluding tert-OH is 1. The molecule has 0 saturated heterocycles. The molecule has 1 aromatic heterocycles. The summed E-state index contributed by atoms with van der Waals surface area (Å²) in [6.07, 6.45) is -1.87. The van der Waals surface area contributed by atoms with Crippen LogP contribution in [0.25, 0.3) is 0 Å². The number of nitrogens with zero attached hydrogens (tertiary/aromatic N) is 1. The summed E-state index contributed by atoms with van der Waals surface area (Å²) in [6, 6.07) is 0. The van der Waals surface area contributed by atoms with Crippen LogP contribution < -0.4 is 5.32 Å². The standard InChI is InChI=1S/C12H18N2O5S/c1-5-6-7(8(15)9(16)17)13-10(20-6)14-11(18)19-12(2,3)4/h8,15H,5H2,1-4H3,(H,16,17)(H,13,14,18). The molecular formula is C12H18N2O5S. The summed E-state index contributed by atoms with van der Waals surface area (Å²) in [4.78, 5) is 26.9. The monoisotopic (exact) mass is 302 g/mol. The zero-order valence-electron chi connectivity index (χ0n) is 11.8. The van der Waals surface area contributed by atoms with E-state index in [4.69, 9.17) is 9.84 Å². The van der Waals surface area contributed by atoms with Crippen LogP contribution in [0.1, 0.15) is 44.4 Å². The number of carboxylic acids is 1. The molecule has 1 aromatic rings. The Kier molecular flexibility index (Phi) is 5.07. The lowest BCUT2D eigenvalue weighted by molar-refractivity contribution is -0.147. The van der Waals surface area contributed by atoms with Gasteiger partial charge in [0.15, 0.2) is 11.2 Å². The van der Waals surface area contributed by atoms with Crippen molar-refractivity contribution in [1.29, 1.82) is 0 Å². The van der Waals surface area contributed by atoms with Crippen molar-refractivity contribution in [2.24, 2.45) is 0 Å². The van der Waals surface area contributed by atoms with Crippen LogP contribution in [-0.2, 0) is 16.0 Å². The average Bonchev–Trinajstić information content (AvgIpc) is 2.67. The number of hydrogen-bond donors (Lipinski definition) is 3. The first kappa shape index (κ1) is 16.4. The number of aliphatic hydroxyl groups is 1. The molecule has 1 heterocycles. The van der Waals surface area contributed by atoms with Gasteiger partial charge in [0.25, 0.3) is 0 Å². The third-order valence-corrected chi connectivity index (χ3v) is 3.28. The number of carbonyl (C=O) groups excluding carboxylic acids is 1. The zero-order chi connectivity index (χ0) is 15.5. The normalized spacial score (nSPS) is 12.8. The number of hydrogen-bond acceptors (Lipinski definition) is 6. The van der Waals surface area contributed by atoms with Gasteiger partial charge in [0.1, 0.15) is 5.60 Å². The Morgan fingerprint density at radius 1 is 1.45 bits per heavy atom. The number of ether oxygens (including phenoxy) is 1. The molecule has 0 aliphatic carbocycles. The van der Waals surface area contributed by atoms with Gasteiger partial charge in [0.2, 0.25) is 0 Å². The number of rotatable bonds is 4. The molecule has 1 amide bonds. The molecule has 1 atom stereocenters. The predicted molar refractivity (Wildman–Crippen MR) is 73.9 cm³/mol. The maximum Gasteiger partial charge on any atom is 0.413 e. The Morgan fingerprint density at radius 3 is 2.50 bits per heavy atom. The number of carboxylic acid groups (broad SMARTS) is 1. The van der Waals surface area contributed by atoms with Gasteiger partial charge < -0.3 is 14.9 Å². The summed E-state index contributed by atoms with van der Waals surface area (Å²) in [5.74, 6) is -1.38. The van der Waals surface area contributed by atoms with E-state index in [0.29, 0.717) is 11.3 Å². The first-order valence-corrected chi connectivity index (χ1v) is 6.86. The van der Waals surface area contributed by atoms with Gasteiger partial charge in [0, 0.05) is 4.88 Å². The fraction of sp³-hybridized carbons (Fsp3) is 0.583. The Labute approximate surface area is 120 Å². The predicted octanol–water partition coefficient (Wildman–Crippen LogP) is 2.17. The number of aliphatic carboxylic acids is 1. The van der Waals surface area contributed by atoms with Crippen molar-refractivity contribution in [2.45, 2.75) is 45.8 Å². The van der Waals surface area contributed by atoms with Crippen LogP contribution in [0.4, 0.5) is 9.93 Å².